The van der Waals surface area contributed by atoms with E-state index in [9.17, 15) is 33.6 Å². The lowest BCUT2D eigenvalue weighted by Crippen LogP contribution is -2.59. The van der Waals surface area contributed by atoms with E-state index in [1.807, 2.05) is 26.8 Å². The third kappa shape index (κ3) is 17.5. The number of nitrogens with zero attached hydrogens (tertiary/aromatic N) is 1. The van der Waals surface area contributed by atoms with Gasteiger partial charge in [-0.1, -0.05) is 63.9 Å². The minimum absolute atomic E-state index is 0.0116. The summed E-state index contributed by atoms with van der Waals surface area (Å²) in [6, 6.07) is 3.90. The number of ether oxygens (including phenoxy) is 2. The molecule has 8 N–H and O–H groups in total. The van der Waals surface area contributed by atoms with Gasteiger partial charge in [0.25, 0.3) is 0 Å². The van der Waals surface area contributed by atoms with Crippen LogP contribution < -0.4 is 32.3 Å². The summed E-state index contributed by atoms with van der Waals surface area (Å²) in [6.45, 7) is 10.1. The number of primary amides is 1. The van der Waals surface area contributed by atoms with Gasteiger partial charge in [0.05, 0.1) is 12.7 Å². The van der Waals surface area contributed by atoms with Crippen LogP contribution in [-0.2, 0) is 51.3 Å². The maximum Gasteiger partial charge on any atom is 0.408 e. The largest absolute Gasteiger partial charge is 0.460 e. The number of aromatic amines is 1. The van der Waals surface area contributed by atoms with Gasteiger partial charge in [-0.2, -0.15) is 0 Å². The molecule has 292 valence electrons. The number of unbranched alkanes of at least 4 members (excludes halogenated alkanes) is 1. The van der Waals surface area contributed by atoms with E-state index in [-0.39, 0.29) is 31.8 Å². The Labute approximate surface area is 309 Å². The predicted octanol–water partition coefficient (Wildman–Crippen LogP) is 1.27. The Morgan fingerprint density at radius 3 is 2.06 bits per heavy atom. The van der Waals surface area contributed by atoms with Crippen LogP contribution in [0.1, 0.15) is 84.9 Å². The first kappa shape index (κ1) is 43.7. The van der Waals surface area contributed by atoms with Gasteiger partial charge in [0, 0.05) is 18.3 Å². The smallest absolute Gasteiger partial charge is 0.408 e. The van der Waals surface area contributed by atoms with Crippen molar-refractivity contribution in [3.05, 3.63) is 54.1 Å². The van der Waals surface area contributed by atoms with E-state index in [2.05, 4.69) is 36.6 Å². The van der Waals surface area contributed by atoms with E-state index >= 15 is 0 Å². The number of amides is 6. The molecule has 17 heteroatoms. The number of carbonyl (C=O) groups excluding carboxylic acids is 7. The molecule has 6 amide bonds. The number of benzene rings is 1. The Morgan fingerprint density at radius 2 is 1.47 bits per heavy atom. The lowest BCUT2D eigenvalue weighted by Gasteiger charge is -2.27. The van der Waals surface area contributed by atoms with E-state index in [0.717, 1.165) is 12.0 Å². The van der Waals surface area contributed by atoms with E-state index in [0.29, 0.717) is 12.1 Å². The highest BCUT2D eigenvalue weighted by Gasteiger charge is 2.33. The molecule has 0 aliphatic rings. The van der Waals surface area contributed by atoms with Gasteiger partial charge >= 0.3 is 12.1 Å². The summed E-state index contributed by atoms with van der Waals surface area (Å²) in [4.78, 5) is 97.7. The number of carbonyl (C=O) groups is 7. The number of nitrogens with one attached hydrogen (secondary N) is 6. The first-order valence-corrected chi connectivity index (χ1v) is 17.6. The first-order valence-electron chi connectivity index (χ1n) is 17.6. The van der Waals surface area contributed by atoms with Crippen molar-refractivity contribution in [2.45, 2.75) is 116 Å². The molecule has 53 heavy (non-hydrogen) atoms. The average molecular weight is 743 g/mol. The Hall–Kier alpha value is -5.48. The summed E-state index contributed by atoms with van der Waals surface area (Å²) in [5.41, 5.74) is 5.84. The van der Waals surface area contributed by atoms with Gasteiger partial charge in [-0.25, -0.2) is 9.78 Å². The SMILES string of the molecule is CCCC[C@H](NC(=O)OC(C)(C)C)C(=O)N[C@@H](Cc1cnc[nH]1)C(=O)N[C@@H](CC(N)=O)C(=O)N[C@@H](CC(C)C)C(=O)NCC(=O)OCc1ccccc1. The summed E-state index contributed by atoms with van der Waals surface area (Å²) in [5, 5.41) is 12.7. The van der Waals surface area contributed by atoms with Crippen molar-refractivity contribution in [1.29, 1.82) is 0 Å². The molecule has 2 aromatic rings. The standard InChI is InChI=1S/C36H54N8O9/c1-7-8-14-25(44-35(51)53-36(4,5)6)32(48)42-27(16-24-18-38-21-40-24)33(49)43-28(17-29(37)45)34(50)41-26(15-22(2)3)31(47)39-19-30(46)52-20-23-12-10-9-11-13-23/h9-13,18,21-22,25-28H,7-8,14-17,19-20H2,1-6H3,(H2,37,45)(H,38,40)(H,39,47)(H,41,50)(H,42,48)(H,43,49)(H,44,51)/t25-,26-,27-,28-/m0/s1. The zero-order valence-corrected chi connectivity index (χ0v) is 31.3. The molecule has 0 bridgehead atoms. The third-order valence-electron chi connectivity index (χ3n) is 7.49. The van der Waals surface area contributed by atoms with Crippen molar-refractivity contribution in [1.82, 2.24) is 36.6 Å². The zero-order valence-electron chi connectivity index (χ0n) is 31.3. The quantitative estimate of drug-likeness (QED) is 0.0902. The molecule has 0 unspecified atom stereocenters. The fraction of sp³-hybridized carbons (Fsp3) is 0.556. The monoisotopic (exact) mass is 742 g/mol. The van der Waals surface area contributed by atoms with Gasteiger partial charge < -0.3 is 46.8 Å². The molecule has 0 radical (unpaired) electrons. The molecule has 0 aliphatic carbocycles. The molecule has 0 fully saturated rings. The summed E-state index contributed by atoms with van der Waals surface area (Å²) in [6.07, 6.45) is 2.96. The predicted molar refractivity (Wildman–Crippen MR) is 193 cm³/mol. The highest BCUT2D eigenvalue weighted by molar-refractivity contribution is 5.97. The minimum atomic E-state index is -1.55. The summed E-state index contributed by atoms with van der Waals surface area (Å²) in [5.74, 6) is -4.84. The van der Waals surface area contributed by atoms with Gasteiger partial charge in [0.1, 0.15) is 42.9 Å². The minimum Gasteiger partial charge on any atom is -0.460 e. The molecule has 1 aromatic carbocycles. The summed E-state index contributed by atoms with van der Waals surface area (Å²) in [7, 11) is 0. The molecule has 17 nitrogen and oxygen atoms in total. The molecule has 0 saturated heterocycles. The molecular formula is C36H54N8O9. The van der Waals surface area contributed by atoms with Crippen LogP contribution in [0.5, 0.6) is 0 Å². The zero-order chi connectivity index (χ0) is 39.6. The topological polar surface area (TPSA) is 253 Å². The molecule has 0 spiro atoms. The van der Waals surface area contributed by atoms with Crippen molar-refractivity contribution >= 4 is 41.6 Å². The van der Waals surface area contributed by atoms with Crippen LogP contribution in [0.15, 0.2) is 42.9 Å². The molecule has 4 atom stereocenters. The maximum atomic E-state index is 13.8. The van der Waals surface area contributed by atoms with E-state index in [1.54, 1.807) is 45.0 Å². The second-order valence-electron chi connectivity index (χ2n) is 14.0. The number of alkyl carbamates (subject to hydrolysis) is 1. The number of aromatic nitrogens is 2. The molecule has 0 saturated carbocycles. The fourth-order valence-corrected chi connectivity index (χ4v) is 4.95. The highest BCUT2D eigenvalue weighted by atomic mass is 16.6. The van der Waals surface area contributed by atoms with Crippen LogP contribution in [0.3, 0.4) is 0 Å². The Morgan fingerprint density at radius 1 is 0.849 bits per heavy atom. The van der Waals surface area contributed by atoms with Crippen molar-refractivity contribution in [2.75, 3.05) is 6.54 Å². The normalized spacial score (nSPS) is 13.4. The maximum absolute atomic E-state index is 13.8. The van der Waals surface area contributed by atoms with Crippen LogP contribution in [0.25, 0.3) is 0 Å². The van der Waals surface area contributed by atoms with E-state index < -0.39 is 84.3 Å². The van der Waals surface area contributed by atoms with Gasteiger partial charge in [0.2, 0.25) is 29.5 Å². The average Bonchev–Trinajstić information content (AvgIpc) is 3.59. The molecule has 1 heterocycles. The van der Waals surface area contributed by atoms with Crippen molar-refractivity contribution in [2.24, 2.45) is 11.7 Å². The van der Waals surface area contributed by atoms with Crippen molar-refractivity contribution < 1.29 is 43.0 Å². The number of hydrogen-bond acceptors (Lipinski definition) is 10. The summed E-state index contributed by atoms with van der Waals surface area (Å²) < 4.78 is 10.5. The van der Waals surface area contributed by atoms with Crippen molar-refractivity contribution in [3.8, 4) is 0 Å². The number of nitrogens with two attached hydrogens (primary N) is 1. The number of rotatable bonds is 21. The summed E-state index contributed by atoms with van der Waals surface area (Å²) >= 11 is 0. The molecule has 2 rings (SSSR count). The number of hydrogen-bond donors (Lipinski definition) is 7. The van der Waals surface area contributed by atoms with Gasteiger partial charge in [-0.05, 0) is 45.1 Å². The Kier molecular flexibility index (Phi) is 18.0. The fourth-order valence-electron chi connectivity index (χ4n) is 4.95. The number of esters is 1. The van der Waals surface area contributed by atoms with Crippen molar-refractivity contribution in [3.63, 3.8) is 0 Å². The Bertz CT molecular complexity index is 1510. The molecule has 0 aliphatic heterocycles. The van der Waals surface area contributed by atoms with Crippen LogP contribution in [-0.4, -0.2) is 87.9 Å². The number of imidazole rings is 1. The lowest BCUT2D eigenvalue weighted by atomic mass is 10.0. The van der Waals surface area contributed by atoms with Gasteiger partial charge in [-0.15, -0.1) is 0 Å². The second kappa shape index (κ2) is 21.8. The van der Waals surface area contributed by atoms with Crippen LogP contribution in [0, 0.1) is 5.92 Å². The van der Waals surface area contributed by atoms with Gasteiger partial charge in [0.15, 0.2) is 0 Å². The lowest BCUT2D eigenvalue weighted by molar-refractivity contribution is -0.145. The van der Waals surface area contributed by atoms with E-state index in [1.165, 1.54) is 12.5 Å². The second-order valence-corrected chi connectivity index (χ2v) is 14.0. The van der Waals surface area contributed by atoms with Crippen LogP contribution in [0.4, 0.5) is 4.79 Å². The third-order valence-corrected chi connectivity index (χ3v) is 7.49. The van der Waals surface area contributed by atoms with Crippen LogP contribution >= 0.6 is 0 Å². The molecular weight excluding hydrogens is 688 g/mol. The van der Waals surface area contributed by atoms with Gasteiger partial charge in [-0.3, -0.25) is 28.8 Å². The molecule has 1 aromatic heterocycles. The Balaban J connectivity index is 2.20. The first-order chi connectivity index (χ1) is 25.0. The number of H-pyrrole nitrogens is 1. The van der Waals surface area contributed by atoms with Crippen LogP contribution in [0.2, 0.25) is 0 Å². The highest BCUT2D eigenvalue weighted by Crippen LogP contribution is 2.11. The van der Waals surface area contributed by atoms with E-state index in [4.69, 9.17) is 15.2 Å².